The largest absolute Gasteiger partial charge is 0.394 e. The second-order valence-electron chi connectivity index (χ2n) is 6.07. The molecule has 2 rings (SSSR count). The Morgan fingerprint density at radius 2 is 1.74 bits per heavy atom. The predicted octanol–water partition coefficient (Wildman–Crippen LogP) is 3.88. The van der Waals surface area contributed by atoms with Crippen LogP contribution in [-0.2, 0) is 0 Å². The van der Waals surface area contributed by atoms with Crippen molar-refractivity contribution >= 4 is 11.5 Å². The van der Waals surface area contributed by atoms with E-state index in [1.54, 1.807) is 0 Å². The molecule has 1 aromatic heterocycles. The highest BCUT2D eigenvalue weighted by atomic mass is 15.4. The zero-order valence-electron chi connectivity index (χ0n) is 12.6. The normalized spacial score (nSPS) is 18.3. The minimum atomic E-state index is 0.340. The summed E-state index contributed by atoms with van der Waals surface area (Å²) in [5.74, 6) is 1.03. The van der Waals surface area contributed by atoms with Gasteiger partial charge in [-0.2, -0.15) is 5.10 Å². The van der Waals surface area contributed by atoms with Crippen LogP contribution in [0.3, 0.4) is 0 Å². The highest BCUT2D eigenvalue weighted by molar-refractivity contribution is 5.65. The first kappa shape index (κ1) is 14.2. The number of hydrogen-bond acceptors (Lipinski definition) is 3. The van der Waals surface area contributed by atoms with Gasteiger partial charge in [-0.25, -0.2) is 4.68 Å². The third-order valence-electron chi connectivity index (χ3n) is 4.07. The van der Waals surface area contributed by atoms with E-state index < -0.39 is 0 Å². The van der Waals surface area contributed by atoms with Crippen molar-refractivity contribution < 1.29 is 0 Å². The van der Waals surface area contributed by atoms with E-state index >= 15 is 0 Å². The molecular weight excluding hydrogens is 236 g/mol. The van der Waals surface area contributed by atoms with Crippen molar-refractivity contribution in [3.05, 3.63) is 5.69 Å². The molecule has 1 aliphatic carbocycles. The molecule has 108 valence electrons. The van der Waals surface area contributed by atoms with Crippen LogP contribution in [0, 0.1) is 6.92 Å². The average Bonchev–Trinajstić information content (AvgIpc) is 2.60. The number of aryl methyl sites for hydroxylation is 1. The molecule has 1 fully saturated rings. The standard InChI is InChI=1S/C15H28N4/c1-11(2)19-15(14(16)12(3)18-19)17-13-9-7-5-4-6-8-10-13/h11,13,17H,4-10,16H2,1-3H3. The average molecular weight is 264 g/mol. The summed E-state index contributed by atoms with van der Waals surface area (Å²) in [6.45, 7) is 6.28. The van der Waals surface area contributed by atoms with Gasteiger partial charge in [0.15, 0.2) is 0 Å². The number of anilines is 2. The summed E-state index contributed by atoms with van der Waals surface area (Å²) < 4.78 is 2.03. The number of nitrogens with zero attached hydrogens (tertiary/aromatic N) is 2. The minimum absolute atomic E-state index is 0.340. The second-order valence-corrected chi connectivity index (χ2v) is 6.07. The zero-order valence-corrected chi connectivity index (χ0v) is 12.6. The van der Waals surface area contributed by atoms with Gasteiger partial charge in [0.25, 0.3) is 0 Å². The lowest BCUT2D eigenvalue weighted by Crippen LogP contribution is -2.23. The molecule has 0 saturated heterocycles. The molecule has 1 aliphatic rings. The van der Waals surface area contributed by atoms with E-state index in [0.29, 0.717) is 12.1 Å². The van der Waals surface area contributed by atoms with E-state index in [9.17, 15) is 0 Å². The summed E-state index contributed by atoms with van der Waals surface area (Å²) in [6.07, 6.45) is 9.30. The lowest BCUT2D eigenvalue weighted by molar-refractivity contribution is 0.463. The van der Waals surface area contributed by atoms with Crippen LogP contribution in [0.25, 0.3) is 0 Å². The highest BCUT2D eigenvalue weighted by Gasteiger charge is 2.18. The molecule has 0 spiro atoms. The van der Waals surface area contributed by atoms with E-state index in [0.717, 1.165) is 17.2 Å². The molecule has 3 N–H and O–H groups in total. The molecule has 0 aromatic carbocycles. The summed E-state index contributed by atoms with van der Waals surface area (Å²) in [5.41, 5.74) is 7.93. The fourth-order valence-electron chi connectivity index (χ4n) is 2.87. The summed E-state index contributed by atoms with van der Waals surface area (Å²) in [7, 11) is 0. The molecule has 1 heterocycles. The quantitative estimate of drug-likeness (QED) is 0.871. The van der Waals surface area contributed by atoms with Crippen molar-refractivity contribution in [1.29, 1.82) is 0 Å². The van der Waals surface area contributed by atoms with Crippen LogP contribution in [0.15, 0.2) is 0 Å². The van der Waals surface area contributed by atoms with Crippen molar-refractivity contribution in [3.63, 3.8) is 0 Å². The number of nitrogens with two attached hydrogens (primary N) is 1. The molecule has 1 saturated carbocycles. The fraction of sp³-hybridized carbons (Fsp3) is 0.800. The van der Waals surface area contributed by atoms with Crippen molar-refractivity contribution in [2.45, 2.75) is 77.8 Å². The molecule has 4 heteroatoms. The molecule has 1 aromatic rings. The predicted molar refractivity (Wildman–Crippen MR) is 81.5 cm³/mol. The van der Waals surface area contributed by atoms with E-state index in [1.807, 2.05) is 11.6 Å². The summed E-state index contributed by atoms with van der Waals surface area (Å²) in [5, 5.41) is 8.21. The van der Waals surface area contributed by atoms with E-state index in [2.05, 4.69) is 24.3 Å². The number of hydrogen-bond donors (Lipinski definition) is 2. The molecule has 0 atom stereocenters. The Hall–Kier alpha value is -1.19. The first-order valence-electron chi connectivity index (χ1n) is 7.70. The van der Waals surface area contributed by atoms with Gasteiger partial charge in [0.2, 0.25) is 0 Å². The Morgan fingerprint density at radius 3 is 2.32 bits per heavy atom. The Morgan fingerprint density at radius 1 is 1.16 bits per heavy atom. The Bertz CT molecular complexity index is 401. The molecule has 0 radical (unpaired) electrons. The van der Waals surface area contributed by atoms with Gasteiger partial charge in [0, 0.05) is 12.1 Å². The van der Waals surface area contributed by atoms with Crippen LogP contribution in [0.4, 0.5) is 11.5 Å². The third-order valence-corrected chi connectivity index (χ3v) is 4.07. The van der Waals surface area contributed by atoms with Crippen LogP contribution >= 0.6 is 0 Å². The summed E-state index contributed by atoms with van der Waals surface area (Å²) in [4.78, 5) is 0. The highest BCUT2D eigenvalue weighted by Crippen LogP contribution is 2.28. The molecule has 19 heavy (non-hydrogen) atoms. The Balaban J connectivity index is 2.12. The lowest BCUT2D eigenvalue weighted by atomic mass is 9.97. The molecular formula is C15H28N4. The first-order chi connectivity index (χ1) is 9.09. The van der Waals surface area contributed by atoms with E-state index in [1.165, 1.54) is 44.9 Å². The minimum Gasteiger partial charge on any atom is -0.394 e. The monoisotopic (exact) mass is 264 g/mol. The topological polar surface area (TPSA) is 55.9 Å². The molecule has 0 bridgehead atoms. The fourth-order valence-corrected chi connectivity index (χ4v) is 2.87. The number of rotatable bonds is 3. The van der Waals surface area contributed by atoms with Gasteiger partial charge in [-0.1, -0.05) is 32.1 Å². The summed E-state index contributed by atoms with van der Waals surface area (Å²) >= 11 is 0. The number of nitrogens with one attached hydrogen (secondary N) is 1. The van der Waals surface area contributed by atoms with Crippen LogP contribution in [-0.4, -0.2) is 15.8 Å². The molecule has 4 nitrogen and oxygen atoms in total. The zero-order chi connectivity index (χ0) is 13.8. The SMILES string of the molecule is Cc1nn(C(C)C)c(NC2CCCCCCC2)c1N. The molecule has 0 aliphatic heterocycles. The number of nitrogen functional groups attached to an aromatic ring is 1. The van der Waals surface area contributed by atoms with Gasteiger partial charge >= 0.3 is 0 Å². The van der Waals surface area contributed by atoms with Crippen LogP contribution < -0.4 is 11.1 Å². The number of aromatic nitrogens is 2. The lowest BCUT2D eigenvalue weighted by Gasteiger charge is -2.23. The maximum Gasteiger partial charge on any atom is 0.148 e. The van der Waals surface area contributed by atoms with Gasteiger partial charge in [0.05, 0.1) is 11.4 Å². The van der Waals surface area contributed by atoms with E-state index in [-0.39, 0.29) is 0 Å². The Kier molecular flexibility index (Phi) is 4.72. The van der Waals surface area contributed by atoms with Crippen molar-refractivity contribution in [2.24, 2.45) is 0 Å². The van der Waals surface area contributed by atoms with Gasteiger partial charge in [0.1, 0.15) is 5.82 Å². The van der Waals surface area contributed by atoms with Gasteiger partial charge in [-0.3, -0.25) is 0 Å². The summed E-state index contributed by atoms with van der Waals surface area (Å²) in [6, 6.07) is 0.892. The maximum atomic E-state index is 6.18. The maximum absolute atomic E-state index is 6.18. The van der Waals surface area contributed by atoms with Crippen LogP contribution in [0.1, 0.15) is 70.5 Å². The van der Waals surface area contributed by atoms with Crippen molar-refractivity contribution in [2.75, 3.05) is 11.1 Å². The van der Waals surface area contributed by atoms with Gasteiger partial charge < -0.3 is 11.1 Å². The van der Waals surface area contributed by atoms with Gasteiger partial charge in [-0.05, 0) is 33.6 Å². The van der Waals surface area contributed by atoms with Gasteiger partial charge in [-0.15, -0.1) is 0 Å². The van der Waals surface area contributed by atoms with Crippen molar-refractivity contribution in [1.82, 2.24) is 9.78 Å². The molecule has 0 amide bonds. The van der Waals surface area contributed by atoms with Crippen LogP contribution in [0.2, 0.25) is 0 Å². The third kappa shape index (κ3) is 3.43. The molecule has 0 unspecified atom stereocenters. The Labute approximate surface area is 116 Å². The smallest absolute Gasteiger partial charge is 0.148 e. The second kappa shape index (κ2) is 6.31. The first-order valence-corrected chi connectivity index (χ1v) is 7.70. The van der Waals surface area contributed by atoms with Crippen molar-refractivity contribution in [3.8, 4) is 0 Å². The van der Waals surface area contributed by atoms with E-state index in [4.69, 9.17) is 5.73 Å². The van der Waals surface area contributed by atoms with Crippen LogP contribution in [0.5, 0.6) is 0 Å².